The van der Waals surface area contributed by atoms with Crippen LogP contribution in [0.25, 0.3) is 0 Å². The van der Waals surface area contributed by atoms with Crippen LogP contribution in [0.1, 0.15) is 53.4 Å². The standard InChI is InChI=1S/C22H34Cl2NOSi/c1-5-27(6-2)26-20(14-25-13-17-11-22(12-17)7-8-22)21-16(4)18(23)9-15(3)10-19(21)24/h9-10,16-17,20,25H,5-8,11-14H2,1-4H3/q-1/t16-,20?/m0/s1. The molecule has 1 unspecified atom stereocenters. The van der Waals surface area contributed by atoms with Crippen molar-refractivity contribution < 1.29 is 4.43 Å². The van der Waals surface area contributed by atoms with Crippen LogP contribution in [0, 0.1) is 17.3 Å². The minimum absolute atomic E-state index is 0.000510. The van der Waals surface area contributed by atoms with Gasteiger partial charge in [-0.1, -0.05) is 44.0 Å². The maximum Gasteiger partial charge on any atom is 0.0511 e. The minimum atomic E-state index is -0.825. The molecule has 1 spiro atoms. The Bertz CT molecular complexity index is 626. The van der Waals surface area contributed by atoms with Crippen molar-refractivity contribution in [1.29, 1.82) is 0 Å². The van der Waals surface area contributed by atoms with E-state index in [1.54, 1.807) is 0 Å². The maximum absolute atomic E-state index is 6.75. The van der Waals surface area contributed by atoms with Gasteiger partial charge in [0.25, 0.3) is 0 Å². The first-order valence-electron chi connectivity index (χ1n) is 10.5. The summed E-state index contributed by atoms with van der Waals surface area (Å²) in [6.07, 6.45) is 9.82. The van der Waals surface area contributed by atoms with Crippen molar-refractivity contribution in [1.82, 2.24) is 5.32 Å². The molecule has 3 rings (SSSR count). The summed E-state index contributed by atoms with van der Waals surface area (Å²) in [6.45, 7) is 10.6. The molecule has 3 aliphatic rings. The van der Waals surface area contributed by atoms with Crippen molar-refractivity contribution in [2.24, 2.45) is 17.3 Å². The number of hydrogen-bond donors (Lipinski definition) is 1. The number of rotatable bonds is 9. The highest BCUT2D eigenvalue weighted by molar-refractivity contribution is 6.51. The number of hydrogen-bond acceptors (Lipinski definition) is 2. The zero-order chi connectivity index (χ0) is 19.6. The smallest absolute Gasteiger partial charge is 0.0511 e. The minimum Gasteiger partial charge on any atom is -0.582 e. The van der Waals surface area contributed by atoms with Gasteiger partial charge in [-0.25, -0.2) is 0 Å². The van der Waals surface area contributed by atoms with Gasteiger partial charge in [0.1, 0.15) is 0 Å². The van der Waals surface area contributed by atoms with Crippen LogP contribution < -0.4 is 5.32 Å². The molecule has 0 aromatic rings. The van der Waals surface area contributed by atoms with Gasteiger partial charge in [-0.15, -0.1) is 9.04 Å². The third-order valence-electron chi connectivity index (χ3n) is 6.48. The Hall–Kier alpha value is -0.0631. The van der Waals surface area contributed by atoms with E-state index in [0.29, 0.717) is 0 Å². The van der Waals surface area contributed by atoms with Crippen molar-refractivity contribution in [2.75, 3.05) is 13.1 Å². The molecule has 0 amide bonds. The molecular weight excluding hydrogens is 393 g/mol. The fourth-order valence-electron chi connectivity index (χ4n) is 4.60. The van der Waals surface area contributed by atoms with E-state index in [4.69, 9.17) is 27.6 Å². The second-order valence-corrected chi connectivity index (χ2v) is 12.3. The Labute approximate surface area is 177 Å². The van der Waals surface area contributed by atoms with Gasteiger partial charge in [0.2, 0.25) is 0 Å². The van der Waals surface area contributed by atoms with Gasteiger partial charge in [-0.05, 0) is 73.8 Å². The molecular formula is C22H34Cl2NOSi-. The summed E-state index contributed by atoms with van der Waals surface area (Å²) in [5.74, 6) is 0.937. The fourth-order valence-corrected chi connectivity index (χ4v) is 6.79. The van der Waals surface area contributed by atoms with Crippen molar-refractivity contribution in [3.8, 4) is 0 Å². The Morgan fingerprint density at radius 2 is 1.89 bits per heavy atom. The van der Waals surface area contributed by atoms with Crippen LogP contribution in [0.15, 0.2) is 33.4 Å². The average Bonchev–Trinajstić information content (AvgIpc) is 3.39. The maximum atomic E-state index is 6.75. The lowest BCUT2D eigenvalue weighted by Gasteiger charge is -2.39. The van der Waals surface area contributed by atoms with Crippen LogP contribution in [-0.4, -0.2) is 28.2 Å². The molecule has 0 aromatic heterocycles. The third-order valence-corrected chi connectivity index (χ3v) is 9.44. The highest BCUT2D eigenvalue weighted by Gasteiger charge is 2.52. The molecule has 3 aliphatic carbocycles. The molecule has 2 fully saturated rings. The molecule has 2 nitrogen and oxygen atoms in total. The lowest BCUT2D eigenvalue weighted by molar-refractivity contribution is 0.156. The molecule has 5 heteroatoms. The second kappa shape index (κ2) is 9.17. The van der Waals surface area contributed by atoms with Gasteiger partial charge in [-0.2, -0.15) is 12.1 Å². The van der Waals surface area contributed by atoms with Crippen LogP contribution >= 0.6 is 23.2 Å². The highest BCUT2D eigenvalue weighted by atomic mass is 35.5. The van der Waals surface area contributed by atoms with Gasteiger partial charge >= 0.3 is 0 Å². The van der Waals surface area contributed by atoms with Crippen molar-refractivity contribution in [2.45, 2.75) is 71.6 Å². The van der Waals surface area contributed by atoms with E-state index in [-0.39, 0.29) is 12.0 Å². The largest absolute Gasteiger partial charge is 0.582 e. The fraction of sp³-hybridized carbons (Fsp3) is 0.727. The van der Waals surface area contributed by atoms with E-state index < -0.39 is 9.04 Å². The summed E-state index contributed by atoms with van der Waals surface area (Å²) in [7, 11) is -0.825. The van der Waals surface area contributed by atoms with E-state index in [1.807, 2.05) is 19.1 Å². The number of halogens is 2. The molecule has 27 heavy (non-hydrogen) atoms. The zero-order valence-corrected chi connectivity index (χ0v) is 19.7. The predicted octanol–water partition coefficient (Wildman–Crippen LogP) is 6.39. The summed E-state index contributed by atoms with van der Waals surface area (Å²) >= 11 is 13.3. The van der Waals surface area contributed by atoms with E-state index >= 15 is 0 Å². The van der Waals surface area contributed by atoms with Gasteiger partial charge in [0.05, 0.1) is 6.10 Å². The lowest BCUT2D eigenvalue weighted by atomic mass is 9.72. The van der Waals surface area contributed by atoms with Crippen LogP contribution in [0.5, 0.6) is 0 Å². The molecule has 0 aromatic carbocycles. The summed E-state index contributed by atoms with van der Waals surface area (Å²) in [6, 6.07) is 2.22. The highest BCUT2D eigenvalue weighted by Crippen LogP contribution is 2.63. The van der Waals surface area contributed by atoms with Crippen molar-refractivity contribution in [3.63, 3.8) is 0 Å². The van der Waals surface area contributed by atoms with Gasteiger partial charge in [0, 0.05) is 22.5 Å². The van der Waals surface area contributed by atoms with Crippen molar-refractivity contribution in [3.05, 3.63) is 33.4 Å². The molecule has 0 aliphatic heterocycles. The second-order valence-electron chi connectivity index (χ2n) is 8.73. The van der Waals surface area contributed by atoms with Gasteiger partial charge in [-0.3, -0.25) is 0 Å². The Morgan fingerprint density at radius 1 is 1.22 bits per heavy atom. The summed E-state index contributed by atoms with van der Waals surface area (Å²) in [5.41, 5.74) is 3.00. The van der Waals surface area contributed by atoms with E-state index in [9.17, 15) is 0 Å². The molecule has 2 saturated carbocycles. The first-order valence-corrected chi connectivity index (χ1v) is 13.1. The first kappa shape index (κ1) is 21.6. The average molecular weight is 428 g/mol. The summed E-state index contributed by atoms with van der Waals surface area (Å²) in [5, 5.41) is 5.35. The molecule has 0 heterocycles. The molecule has 2 atom stereocenters. The predicted molar refractivity (Wildman–Crippen MR) is 119 cm³/mol. The molecule has 1 N–H and O–H groups in total. The van der Waals surface area contributed by atoms with E-state index in [1.165, 1.54) is 25.7 Å². The quantitative estimate of drug-likeness (QED) is 0.430. The number of allylic oxidation sites excluding steroid dienone is 5. The Morgan fingerprint density at radius 3 is 2.48 bits per heavy atom. The van der Waals surface area contributed by atoms with E-state index in [0.717, 1.165) is 57.7 Å². The SMILES string of the molecule is CC[Si-](CC)OC(CNCC1CC2(CC2)C1)C1=C(Cl)C=C(C)C=C(Cl)[C@@H]1C. The Balaban J connectivity index is 1.69. The zero-order valence-electron chi connectivity index (χ0n) is 17.2. The third kappa shape index (κ3) is 5.30. The van der Waals surface area contributed by atoms with Crippen LogP contribution in [0.3, 0.4) is 0 Å². The monoisotopic (exact) mass is 426 g/mol. The van der Waals surface area contributed by atoms with Gasteiger partial charge in [0.15, 0.2) is 0 Å². The first-order chi connectivity index (χ1) is 12.9. The van der Waals surface area contributed by atoms with Crippen molar-refractivity contribution >= 4 is 32.2 Å². The van der Waals surface area contributed by atoms with Crippen LogP contribution in [-0.2, 0) is 4.43 Å². The molecule has 152 valence electrons. The molecule has 0 radical (unpaired) electrons. The Kier molecular flexibility index (Phi) is 7.35. The molecule has 0 bridgehead atoms. The topological polar surface area (TPSA) is 21.3 Å². The lowest BCUT2D eigenvalue weighted by Crippen LogP contribution is -2.41. The van der Waals surface area contributed by atoms with Crippen LogP contribution in [0.2, 0.25) is 12.1 Å². The number of nitrogens with one attached hydrogen (secondary N) is 1. The summed E-state index contributed by atoms with van der Waals surface area (Å²) in [4.78, 5) is 0. The summed E-state index contributed by atoms with van der Waals surface area (Å²) < 4.78 is 6.64. The van der Waals surface area contributed by atoms with Crippen LogP contribution in [0.4, 0.5) is 0 Å². The van der Waals surface area contributed by atoms with Gasteiger partial charge < -0.3 is 9.74 Å². The van der Waals surface area contributed by atoms with E-state index in [2.05, 4.69) is 26.1 Å². The normalized spacial score (nSPS) is 26.0. The molecule has 0 saturated heterocycles.